The smallest absolute Gasteiger partial charge is 0.337 e. The maximum atomic E-state index is 11.1. The van der Waals surface area contributed by atoms with Gasteiger partial charge in [-0.1, -0.05) is 23.7 Å². The highest BCUT2D eigenvalue weighted by Gasteiger charge is 2.14. The number of aromatic nitrogens is 1. The zero-order chi connectivity index (χ0) is 21.1. The molecule has 0 saturated carbocycles. The Bertz CT molecular complexity index is 1060. The first-order valence-corrected chi connectivity index (χ1v) is 10.0. The number of morpholine rings is 1. The van der Waals surface area contributed by atoms with Crippen LogP contribution in [0.3, 0.4) is 0 Å². The molecule has 8 heteroatoms. The average molecular weight is 428 g/mol. The van der Waals surface area contributed by atoms with Crippen LogP contribution in [0.2, 0.25) is 5.02 Å². The summed E-state index contributed by atoms with van der Waals surface area (Å²) in [6.07, 6.45) is 1.58. The van der Waals surface area contributed by atoms with Crippen molar-refractivity contribution in [3.8, 4) is 11.3 Å². The van der Waals surface area contributed by atoms with E-state index in [1.54, 1.807) is 18.3 Å². The normalized spacial score (nSPS) is 14.6. The van der Waals surface area contributed by atoms with Gasteiger partial charge in [-0.2, -0.15) is 0 Å². The lowest BCUT2D eigenvalue weighted by Gasteiger charge is -2.26. The molecule has 3 aromatic rings. The number of benzene rings is 2. The number of ether oxygens (including phenoxy) is 1. The Balaban J connectivity index is 1.49. The van der Waals surface area contributed by atoms with Crippen LogP contribution in [0.25, 0.3) is 11.3 Å². The minimum absolute atomic E-state index is 0.0471. The van der Waals surface area contributed by atoms with E-state index >= 15 is 0 Å². The van der Waals surface area contributed by atoms with Gasteiger partial charge < -0.3 is 19.6 Å². The number of carboxylic acids is 1. The van der Waals surface area contributed by atoms with Crippen molar-refractivity contribution in [3.05, 3.63) is 64.3 Å². The number of nitrogens with one attached hydrogen (secondary N) is 1. The summed E-state index contributed by atoms with van der Waals surface area (Å²) in [4.78, 5) is 17.8. The minimum Gasteiger partial charge on any atom is -0.478 e. The van der Waals surface area contributed by atoms with Gasteiger partial charge in [0.1, 0.15) is 0 Å². The Kier molecular flexibility index (Phi) is 6.03. The van der Waals surface area contributed by atoms with Gasteiger partial charge in [0.2, 0.25) is 0 Å². The number of halogens is 1. The van der Waals surface area contributed by atoms with Crippen molar-refractivity contribution < 1.29 is 19.1 Å². The molecule has 7 nitrogen and oxygen atoms in total. The minimum atomic E-state index is -1.07. The highest BCUT2D eigenvalue weighted by molar-refractivity contribution is 6.33. The number of aromatic carboxylic acids is 1. The Labute approximate surface area is 179 Å². The number of hydrogen-bond acceptors (Lipinski definition) is 6. The fourth-order valence-electron chi connectivity index (χ4n) is 3.47. The molecule has 0 bridgehead atoms. The molecule has 0 unspecified atom stereocenters. The molecule has 156 valence electrons. The Morgan fingerprint density at radius 2 is 2.03 bits per heavy atom. The van der Waals surface area contributed by atoms with Crippen LogP contribution in [0, 0.1) is 6.92 Å². The Morgan fingerprint density at radius 3 is 2.77 bits per heavy atom. The summed E-state index contributed by atoms with van der Waals surface area (Å²) in [6, 6.07) is 11.3. The summed E-state index contributed by atoms with van der Waals surface area (Å²) in [5, 5.41) is 12.5. The van der Waals surface area contributed by atoms with E-state index < -0.39 is 5.97 Å². The molecule has 2 aromatic carbocycles. The predicted octanol–water partition coefficient (Wildman–Crippen LogP) is 4.58. The zero-order valence-corrected chi connectivity index (χ0v) is 17.3. The van der Waals surface area contributed by atoms with Gasteiger partial charge >= 0.3 is 5.97 Å². The molecule has 30 heavy (non-hydrogen) atoms. The molecule has 0 spiro atoms. The summed E-state index contributed by atoms with van der Waals surface area (Å²) in [5.74, 6) is -0.573. The van der Waals surface area contributed by atoms with E-state index in [9.17, 15) is 4.79 Å². The number of oxazole rings is 1. The first-order valence-electron chi connectivity index (χ1n) is 9.65. The summed E-state index contributed by atoms with van der Waals surface area (Å²) >= 11 is 6.06. The molecule has 0 radical (unpaired) electrons. The topological polar surface area (TPSA) is 87.8 Å². The summed E-state index contributed by atoms with van der Waals surface area (Å²) < 4.78 is 11.2. The molecular formula is C22H22ClN3O4. The van der Waals surface area contributed by atoms with Gasteiger partial charge in [0, 0.05) is 30.9 Å². The van der Waals surface area contributed by atoms with Gasteiger partial charge in [-0.3, -0.25) is 4.90 Å². The van der Waals surface area contributed by atoms with Gasteiger partial charge in [-0.05, 0) is 42.3 Å². The SMILES string of the molecule is Cc1cc(CN2CCOCC2)cc(Nc2ncc(-c3ccc(C(=O)O)c(Cl)c3)o2)c1. The lowest BCUT2D eigenvalue weighted by molar-refractivity contribution is 0.0342. The second kappa shape index (κ2) is 8.87. The first-order chi connectivity index (χ1) is 14.5. The van der Waals surface area contributed by atoms with Crippen LogP contribution in [0.1, 0.15) is 21.5 Å². The summed E-state index contributed by atoms with van der Waals surface area (Å²) in [5.41, 5.74) is 3.95. The van der Waals surface area contributed by atoms with Crippen molar-refractivity contribution in [3.63, 3.8) is 0 Å². The number of carbonyl (C=O) groups is 1. The second-order valence-corrected chi connectivity index (χ2v) is 7.66. The van der Waals surface area contributed by atoms with Gasteiger partial charge in [-0.25, -0.2) is 9.78 Å². The van der Waals surface area contributed by atoms with Gasteiger partial charge in [0.15, 0.2) is 5.76 Å². The van der Waals surface area contributed by atoms with Crippen LogP contribution in [0.15, 0.2) is 47.0 Å². The highest BCUT2D eigenvalue weighted by Crippen LogP contribution is 2.29. The maximum absolute atomic E-state index is 11.1. The molecule has 0 atom stereocenters. The van der Waals surface area contributed by atoms with Gasteiger partial charge in [0.05, 0.1) is 30.0 Å². The number of aryl methyl sites for hydroxylation is 1. The summed E-state index contributed by atoms with van der Waals surface area (Å²) in [7, 11) is 0. The molecule has 2 heterocycles. The molecule has 0 amide bonds. The van der Waals surface area contributed by atoms with Crippen LogP contribution in [0.4, 0.5) is 11.7 Å². The number of carboxylic acid groups (broad SMARTS) is 1. The van der Waals surface area contributed by atoms with Gasteiger partial charge in [0.25, 0.3) is 6.01 Å². The number of hydrogen-bond donors (Lipinski definition) is 2. The van der Waals surface area contributed by atoms with Crippen LogP contribution >= 0.6 is 11.6 Å². The predicted molar refractivity (Wildman–Crippen MR) is 114 cm³/mol. The van der Waals surface area contributed by atoms with Crippen LogP contribution in [0.5, 0.6) is 0 Å². The van der Waals surface area contributed by atoms with Crippen molar-refractivity contribution in [1.82, 2.24) is 9.88 Å². The Hall–Kier alpha value is -2.87. The average Bonchev–Trinajstić information content (AvgIpc) is 3.16. The van der Waals surface area contributed by atoms with E-state index in [0.717, 1.165) is 44.1 Å². The molecule has 1 aromatic heterocycles. The third-order valence-electron chi connectivity index (χ3n) is 4.89. The molecule has 1 fully saturated rings. The quantitative estimate of drug-likeness (QED) is 0.595. The second-order valence-electron chi connectivity index (χ2n) is 7.25. The fourth-order valence-corrected chi connectivity index (χ4v) is 3.74. The van der Waals surface area contributed by atoms with Crippen molar-refractivity contribution in [2.75, 3.05) is 31.6 Å². The molecule has 4 rings (SSSR count). The lowest BCUT2D eigenvalue weighted by Crippen LogP contribution is -2.35. The van der Waals surface area contributed by atoms with Gasteiger partial charge in [-0.15, -0.1) is 0 Å². The molecule has 1 saturated heterocycles. The van der Waals surface area contributed by atoms with E-state index in [4.69, 9.17) is 25.9 Å². The third-order valence-corrected chi connectivity index (χ3v) is 5.20. The number of anilines is 2. The molecule has 2 N–H and O–H groups in total. The molecule has 1 aliphatic heterocycles. The van der Waals surface area contributed by atoms with Crippen molar-refractivity contribution in [2.24, 2.45) is 0 Å². The van der Waals surface area contributed by atoms with E-state index in [0.29, 0.717) is 17.3 Å². The largest absolute Gasteiger partial charge is 0.478 e. The van der Waals surface area contributed by atoms with E-state index in [2.05, 4.69) is 34.3 Å². The number of nitrogens with zero attached hydrogens (tertiary/aromatic N) is 2. The number of rotatable bonds is 6. The van der Waals surface area contributed by atoms with E-state index in [1.807, 2.05) is 6.07 Å². The van der Waals surface area contributed by atoms with E-state index in [1.165, 1.54) is 11.6 Å². The lowest BCUT2D eigenvalue weighted by atomic mass is 10.1. The fraction of sp³-hybridized carbons (Fsp3) is 0.273. The van der Waals surface area contributed by atoms with Crippen LogP contribution < -0.4 is 5.32 Å². The maximum Gasteiger partial charge on any atom is 0.337 e. The molecule has 1 aliphatic rings. The monoisotopic (exact) mass is 427 g/mol. The molecular weight excluding hydrogens is 406 g/mol. The first kappa shape index (κ1) is 20.4. The zero-order valence-electron chi connectivity index (χ0n) is 16.5. The van der Waals surface area contributed by atoms with Crippen molar-refractivity contribution >= 4 is 29.3 Å². The highest BCUT2D eigenvalue weighted by atomic mass is 35.5. The summed E-state index contributed by atoms with van der Waals surface area (Å²) in [6.45, 7) is 6.33. The van der Waals surface area contributed by atoms with E-state index in [-0.39, 0.29) is 10.6 Å². The molecule has 0 aliphatic carbocycles. The van der Waals surface area contributed by atoms with Crippen LogP contribution in [-0.4, -0.2) is 47.3 Å². The van der Waals surface area contributed by atoms with Crippen LogP contribution in [-0.2, 0) is 11.3 Å². The van der Waals surface area contributed by atoms with Crippen molar-refractivity contribution in [2.45, 2.75) is 13.5 Å². The third kappa shape index (κ3) is 4.81. The standard InChI is InChI=1S/C22H22ClN3O4/c1-14-8-15(13-26-4-6-29-7-5-26)10-17(9-14)25-22-24-12-20(30-22)16-2-3-18(21(27)28)19(23)11-16/h2-3,8-12H,4-7,13H2,1H3,(H,24,25)(H,27,28). The Morgan fingerprint density at radius 1 is 1.23 bits per heavy atom. The van der Waals surface area contributed by atoms with Crippen molar-refractivity contribution in [1.29, 1.82) is 0 Å².